The van der Waals surface area contributed by atoms with Gasteiger partial charge in [-0.25, -0.2) is 4.79 Å². The molecule has 2 aromatic rings. The van der Waals surface area contributed by atoms with E-state index in [-0.39, 0.29) is 23.3 Å². The molecule has 6 nitrogen and oxygen atoms in total. The number of aliphatic hydroxyl groups excluding tert-OH is 1. The van der Waals surface area contributed by atoms with Crippen LogP contribution in [0.3, 0.4) is 0 Å². The molecule has 0 saturated carbocycles. The maximum atomic E-state index is 12.4. The Bertz CT molecular complexity index is 716. The van der Waals surface area contributed by atoms with Crippen LogP contribution in [-0.2, 0) is 0 Å². The van der Waals surface area contributed by atoms with Gasteiger partial charge in [-0.2, -0.15) is 0 Å². The average Bonchev–Trinajstić information content (AvgIpc) is 3.12. The predicted octanol–water partition coefficient (Wildman–Crippen LogP) is 2.56. The topological polar surface area (TPSA) is 91.0 Å². The number of likely N-dealkylation sites (tertiary alicyclic amines) is 1. The first-order valence-corrected chi connectivity index (χ1v) is 7.91. The van der Waals surface area contributed by atoms with Gasteiger partial charge < -0.3 is 19.5 Å². The minimum absolute atomic E-state index is 0.0365. The molecule has 1 fully saturated rings. The third kappa shape index (κ3) is 3.33. The van der Waals surface area contributed by atoms with Gasteiger partial charge in [-0.05, 0) is 36.5 Å². The third-order valence-electron chi connectivity index (χ3n) is 4.44. The molecule has 1 unspecified atom stereocenters. The summed E-state index contributed by atoms with van der Waals surface area (Å²) in [4.78, 5) is 24.8. The quantitative estimate of drug-likeness (QED) is 0.899. The Kier molecular flexibility index (Phi) is 4.66. The molecule has 24 heavy (non-hydrogen) atoms. The Morgan fingerprint density at radius 2 is 1.67 bits per heavy atom. The van der Waals surface area contributed by atoms with Gasteiger partial charge in [-0.15, -0.1) is 0 Å². The van der Waals surface area contributed by atoms with Crippen LogP contribution in [0.1, 0.15) is 45.6 Å². The molecular weight excluding hydrogens is 310 g/mol. The molecule has 0 aliphatic carbocycles. The number of nitrogens with zero attached hydrogens (tertiary/aromatic N) is 1. The smallest absolute Gasteiger partial charge is 0.371 e. The summed E-state index contributed by atoms with van der Waals surface area (Å²) in [6.45, 7) is 1.02. The molecule has 1 aromatic carbocycles. The van der Waals surface area contributed by atoms with Crippen molar-refractivity contribution >= 4 is 11.9 Å². The summed E-state index contributed by atoms with van der Waals surface area (Å²) in [6.07, 6.45) is 0.841. The molecule has 2 heterocycles. The summed E-state index contributed by atoms with van der Waals surface area (Å²) in [7, 11) is 0. The van der Waals surface area contributed by atoms with Gasteiger partial charge in [-0.3, -0.25) is 4.79 Å². The monoisotopic (exact) mass is 329 g/mol. The molecule has 1 saturated heterocycles. The highest BCUT2D eigenvalue weighted by Crippen LogP contribution is 2.31. The van der Waals surface area contributed by atoms with Crippen molar-refractivity contribution in [1.82, 2.24) is 4.90 Å². The van der Waals surface area contributed by atoms with E-state index in [4.69, 9.17) is 9.52 Å². The van der Waals surface area contributed by atoms with Gasteiger partial charge >= 0.3 is 5.97 Å². The van der Waals surface area contributed by atoms with Crippen LogP contribution in [0.25, 0.3) is 0 Å². The molecule has 1 aromatic heterocycles. The van der Waals surface area contributed by atoms with Crippen LogP contribution in [0, 0.1) is 5.92 Å². The first-order valence-electron chi connectivity index (χ1n) is 7.91. The number of carboxylic acids is 1. The standard InChI is InChI=1S/C18H19NO5/c20-16(12-4-2-1-3-5-12)13-8-10-19(11-9-13)17(21)14-6-7-15(24-14)18(22)23/h1-7,13,16,20H,8-11H2,(H,22,23). The number of piperidine rings is 1. The number of carbonyl (C=O) groups is 2. The Balaban J connectivity index is 1.60. The van der Waals surface area contributed by atoms with Crippen LogP contribution < -0.4 is 0 Å². The number of aliphatic hydroxyl groups is 1. The van der Waals surface area contributed by atoms with E-state index in [2.05, 4.69) is 0 Å². The summed E-state index contributed by atoms with van der Waals surface area (Å²) >= 11 is 0. The van der Waals surface area contributed by atoms with E-state index < -0.39 is 12.1 Å². The Labute approximate surface area is 139 Å². The van der Waals surface area contributed by atoms with Crippen molar-refractivity contribution in [2.45, 2.75) is 18.9 Å². The highest BCUT2D eigenvalue weighted by Gasteiger charge is 2.29. The second-order valence-electron chi connectivity index (χ2n) is 5.95. The predicted molar refractivity (Wildman–Crippen MR) is 85.7 cm³/mol. The van der Waals surface area contributed by atoms with Crippen molar-refractivity contribution < 1.29 is 24.2 Å². The number of aromatic carboxylic acids is 1. The fourth-order valence-corrected chi connectivity index (χ4v) is 3.06. The molecule has 0 bridgehead atoms. The largest absolute Gasteiger partial charge is 0.475 e. The molecule has 126 valence electrons. The number of carbonyl (C=O) groups excluding carboxylic acids is 1. The minimum Gasteiger partial charge on any atom is -0.475 e. The second-order valence-corrected chi connectivity index (χ2v) is 5.95. The normalized spacial score (nSPS) is 16.8. The van der Waals surface area contributed by atoms with Crippen LogP contribution >= 0.6 is 0 Å². The summed E-state index contributed by atoms with van der Waals surface area (Å²) in [5.41, 5.74) is 0.888. The van der Waals surface area contributed by atoms with Gasteiger partial charge in [0.05, 0.1) is 6.10 Å². The lowest BCUT2D eigenvalue weighted by molar-refractivity contribution is 0.0439. The molecule has 0 spiro atoms. The molecule has 1 atom stereocenters. The van der Waals surface area contributed by atoms with E-state index in [0.717, 1.165) is 5.56 Å². The maximum absolute atomic E-state index is 12.4. The number of benzene rings is 1. The molecule has 1 aliphatic heterocycles. The Morgan fingerprint density at radius 1 is 1.04 bits per heavy atom. The second kappa shape index (κ2) is 6.88. The first kappa shape index (κ1) is 16.3. The fourth-order valence-electron chi connectivity index (χ4n) is 3.06. The fraction of sp³-hybridized carbons (Fsp3) is 0.333. The first-order chi connectivity index (χ1) is 11.6. The van der Waals surface area contributed by atoms with Gasteiger partial charge in [0, 0.05) is 13.1 Å². The Hall–Kier alpha value is -2.60. The van der Waals surface area contributed by atoms with E-state index >= 15 is 0 Å². The van der Waals surface area contributed by atoms with Crippen molar-refractivity contribution in [2.75, 3.05) is 13.1 Å². The molecule has 3 rings (SSSR count). The molecule has 2 N–H and O–H groups in total. The van der Waals surface area contributed by atoms with Crippen molar-refractivity contribution in [2.24, 2.45) is 5.92 Å². The van der Waals surface area contributed by atoms with Crippen LogP contribution in [0.4, 0.5) is 0 Å². The third-order valence-corrected chi connectivity index (χ3v) is 4.44. The maximum Gasteiger partial charge on any atom is 0.371 e. The van der Waals surface area contributed by atoms with Crippen molar-refractivity contribution in [3.05, 3.63) is 59.5 Å². The number of hydrogen-bond donors (Lipinski definition) is 2. The van der Waals surface area contributed by atoms with Crippen LogP contribution in [-0.4, -0.2) is 40.1 Å². The highest BCUT2D eigenvalue weighted by molar-refractivity contribution is 5.93. The lowest BCUT2D eigenvalue weighted by Crippen LogP contribution is -2.39. The average molecular weight is 329 g/mol. The van der Waals surface area contributed by atoms with Crippen LogP contribution in [0.15, 0.2) is 46.9 Å². The Morgan fingerprint density at radius 3 is 2.25 bits per heavy atom. The van der Waals surface area contributed by atoms with Crippen molar-refractivity contribution in [3.63, 3.8) is 0 Å². The number of carboxylic acid groups (broad SMARTS) is 1. The van der Waals surface area contributed by atoms with Gasteiger partial charge in [-0.1, -0.05) is 30.3 Å². The zero-order valence-electron chi connectivity index (χ0n) is 13.1. The number of furan rings is 1. The van der Waals surface area contributed by atoms with Crippen molar-refractivity contribution in [3.8, 4) is 0 Å². The SMILES string of the molecule is O=C(O)c1ccc(C(=O)N2CCC(C(O)c3ccccc3)CC2)o1. The lowest BCUT2D eigenvalue weighted by Gasteiger charge is -2.34. The molecule has 1 amide bonds. The van der Waals surface area contributed by atoms with E-state index in [9.17, 15) is 14.7 Å². The number of rotatable bonds is 4. The zero-order valence-corrected chi connectivity index (χ0v) is 13.1. The van der Waals surface area contributed by atoms with E-state index in [1.807, 2.05) is 30.3 Å². The van der Waals surface area contributed by atoms with E-state index in [0.29, 0.717) is 25.9 Å². The molecular formula is C18H19NO5. The van der Waals surface area contributed by atoms with Crippen LogP contribution in [0.2, 0.25) is 0 Å². The number of amides is 1. The van der Waals surface area contributed by atoms with Crippen molar-refractivity contribution in [1.29, 1.82) is 0 Å². The summed E-state index contributed by atoms with van der Waals surface area (Å²) in [5, 5.41) is 19.3. The van der Waals surface area contributed by atoms with Crippen LogP contribution in [0.5, 0.6) is 0 Å². The minimum atomic E-state index is -1.20. The molecule has 0 radical (unpaired) electrons. The summed E-state index contributed by atoms with van der Waals surface area (Å²) in [5.74, 6) is -1.61. The summed E-state index contributed by atoms with van der Waals surface area (Å²) < 4.78 is 5.06. The molecule has 6 heteroatoms. The van der Waals surface area contributed by atoms with Gasteiger partial charge in [0.1, 0.15) is 0 Å². The van der Waals surface area contributed by atoms with Gasteiger partial charge in [0.2, 0.25) is 5.76 Å². The molecule has 1 aliphatic rings. The lowest BCUT2D eigenvalue weighted by atomic mass is 9.87. The van der Waals surface area contributed by atoms with E-state index in [1.54, 1.807) is 4.90 Å². The zero-order chi connectivity index (χ0) is 17.1. The van der Waals surface area contributed by atoms with Gasteiger partial charge in [0.25, 0.3) is 5.91 Å². The van der Waals surface area contributed by atoms with Gasteiger partial charge in [0.15, 0.2) is 5.76 Å². The van der Waals surface area contributed by atoms with E-state index in [1.165, 1.54) is 12.1 Å². The number of hydrogen-bond acceptors (Lipinski definition) is 4. The highest BCUT2D eigenvalue weighted by atomic mass is 16.4. The summed E-state index contributed by atoms with van der Waals surface area (Å²) in [6, 6.07) is 12.2.